The molecule has 0 bridgehead atoms. The van der Waals surface area contributed by atoms with Crippen LogP contribution in [0.1, 0.15) is 57.9 Å². The molecule has 0 amide bonds. The SMILES string of the molecule is CCC1CCC(C(O)CN2CCC(n3c(=O)[nH]c4cc(S(C)(=O)=O)ccc43)CC2)CC1. The first kappa shape index (κ1) is 22.6. The molecule has 7 nitrogen and oxygen atoms in total. The fourth-order valence-electron chi connectivity index (χ4n) is 5.46. The first-order chi connectivity index (χ1) is 14.8. The number of nitrogens with zero attached hydrogens (tertiary/aromatic N) is 2. The molecule has 1 saturated carbocycles. The number of nitrogens with one attached hydrogen (secondary N) is 1. The lowest BCUT2D eigenvalue weighted by molar-refractivity contribution is 0.0307. The zero-order valence-corrected chi connectivity index (χ0v) is 19.4. The number of benzene rings is 1. The lowest BCUT2D eigenvalue weighted by Gasteiger charge is -2.37. The van der Waals surface area contributed by atoms with Crippen molar-refractivity contribution in [2.24, 2.45) is 11.8 Å². The van der Waals surface area contributed by atoms with E-state index < -0.39 is 9.84 Å². The minimum atomic E-state index is -3.32. The summed E-state index contributed by atoms with van der Waals surface area (Å²) >= 11 is 0. The van der Waals surface area contributed by atoms with Gasteiger partial charge in [0.1, 0.15) is 0 Å². The van der Waals surface area contributed by atoms with Crippen LogP contribution in [0.25, 0.3) is 11.0 Å². The third-order valence-electron chi connectivity index (χ3n) is 7.50. The maximum absolute atomic E-state index is 12.6. The number of piperidine rings is 1. The predicted molar refractivity (Wildman–Crippen MR) is 122 cm³/mol. The van der Waals surface area contributed by atoms with Gasteiger partial charge in [-0.1, -0.05) is 26.2 Å². The molecule has 2 heterocycles. The molecule has 8 heteroatoms. The summed E-state index contributed by atoms with van der Waals surface area (Å²) in [5.41, 5.74) is 1.13. The van der Waals surface area contributed by atoms with Gasteiger partial charge >= 0.3 is 5.69 Å². The summed E-state index contributed by atoms with van der Waals surface area (Å²) < 4.78 is 25.4. The van der Waals surface area contributed by atoms with Crippen LogP contribution in [-0.2, 0) is 9.84 Å². The average molecular weight is 450 g/mol. The van der Waals surface area contributed by atoms with Gasteiger partial charge in [0, 0.05) is 31.9 Å². The Hall–Kier alpha value is -1.64. The Balaban J connectivity index is 1.38. The van der Waals surface area contributed by atoms with Crippen LogP contribution in [0.4, 0.5) is 0 Å². The number of aromatic amines is 1. The summed E-state index contributed by atoms with van der Waals surface area (Å²) in [5.74, 6) is 1.25. The number of likely N-dealkylation sites (tertiary alicyclic amines) is 1. The van der Waals surface area contributed by atoms with Gasteiger partial charge in [0.05, 0.1) is 22.0 Å². The molecule has 1 atom stereocenters. The topological polar surface area (TPSA) is 95.4 Å². The molecule has 2 N–H and O–H groups in total. The minimum Gasteiger partial charge on any atom is -0.392 e. The molecule has 1 aromatic carbocycles. The molecular formula is C23H35N3O4S. The van der Waals surface area contributed by atoms with Crippen molar-refractivity contribution in [1.29, 1.82) is 0 Å². The van der Waals surface area contributed by atoms with Crippen molar-refractivity contribution in [1.82, 2.24) is 14.5 Å². The van der Waals surface area contributed by atoms with Gasteiger partial charge < -0.3 is 15.0 Å². The maximum Gasteiger partial charge on any atom is 0.326 e. The first-order valence-electron chi connectivity index (χ1n) is 11.6. The third kappa shape index (κ3) is 4.91. The number of H-pyrrole nitrogens is 1. The zero-order valence-electron chi connectivity index (χ0n) is 18.6. The molecule has 1 saturated heterocycles. The number of imidazole rings is 1. The van der Waals surface area contributed by atoms with Gasteiger partial charge in [-0.15, -0.1) is 0 Å². The Bertz CT molecular complexity index is 1060. The largest absolute Gasteiger partial charge is 0.392 e. The monoisotopic (exact) mass is 449 g/mol. The second-order valence-corrected chi connectivity index (χ2v) is 11.6. The predicted octanol–water partition coefficient (Wildman–Crippen LogP) is 2.95. The number of rotatable bonds is 6. The summed E-state index contributed by atoms with van der Waals surface area (Å²) in [6.45, 7) is 4.68. The van der Waals surface area contributed by atoms with E-state index >= 15 is 0 Å². The third-order valence-corrected chi connectivity index (χ3v) is 8.61. The van der Waals surface area contributed by atoms with E-state index in [-0.39, 0.29) is 22.7 Å². The second-order valence-electron chi connectivity index (χ2n) is 9.54. The zero-order chi connectivity index (χ0) is 22.2. The molecule has 0 spiro atoms. The highest BCUT2D eigenvalue weighted by Gasteiger charge is 2.29. The van der Waals surface area contributed by atoms with Crippen molar-refractivity contribution < 1.29 is 13.5 Å². The van der Waals surface area contributed by atoms with Gasteiger partial charge in [-0.05, 0) is 55.7 Å². The van der Waals surface area contributed by atoms with Crippen LogP contribution < -0.4 is 5.69 Å². The van der Waals surface area contributed by atoms with Gasteiger partial charge in [0.15, 0.2) is 9.84 Å². The molecule has 2 fully saturated rings. The molecule has 2 aromatic rings. The Morgan fingerprint density at radius 3 is 2.42 bits per heavy atom. The number of aliphatic hydroxyl groups is 1. The summed E-state index contributed by atoms with van der Waals surface area (Å²) in [5, 5.41) is 10.8. The number of aromatic nitrogens is 2. The standard InChI is InChI=1S/C23H35N3O4S/c1-3-16-4-6-17(7-5-16)22(27)15-25-12-10-18(11-13-25)26-21-9-8-19(31(2,29)30)14-20(21)24-23(26)28/h8-9,14,16-18,22,27H,3-7,10-13,15H2,1-2H3,(H,24,28). The highest BCUT2D eigenvalue weighted by atomic mass is 32.2. The van der Waals surface area contributed by atoms with Crippen molar-refractivity contribution in [3.63, 3.8) is 0 Å². The molecule has 4 rings (SSSR count). The fraction of sp³-hybridized carbons (Fsp3) is 0.696. The van der Waals surface area contributed by atoms with Crippen LogP contribution in [0, 0.1) is 11.8 Å². The smallest absolute Gasteiger partial charge is 0.326 e. The van der Waals surface area contributed by atoms with E-state index in [2.05, 4.69) is 16.8 Å². The maximum atomic E-state index is 12.6. The normalized spacial score (nSPS) is 25.1. The molecule has 0 radical (unpaired) electrons. The van der Waals surface area contributed by atoms with Gasteiger partial charge in [-0.3, -0.25) is 4.57 Å². The van der Waals surface area contributed by atoms with Gasteiger partial charge in [0.25, 0.3) is 0 Å². The highest BCUT2D eigenvalue weighted by molar-refractivity contribution is 7.90. The van der Waals surface area contributed by atoms with E-state index in [0.717, 1.165) is 50.2 Å². The molecule has 1 aliphatic carbocycles. The van der Waals surface area contributed by atoms with E-state index in [1.807, 2.05) is 0 Å². The molecular weight excluding hydrogens is 414 g/mol. The van der Waals surface area contributed by atoms with Gasteiger partial charge in [0.2, 0.25) is 0 Å². The van der Waals surface area contributed by atoms with Gasteiger partial charge in [-0.25, -0.2) is 13.2 Å². The van der Waals surface area contributed by atoms with Crippen LogP contribution in [0.15, 0.2) is 27.9 Å². The van der Waals surface area contributed by atoms with E-state index in [1.165, 1.54) is 25.5 Å². The Morgan fingerprint density at radius 2 is 1.81 bits per heavy atom. The number of hydrogen-bond acceptors (Lipinski definition) is 5. The van der Waals surface area contributed by atoms with Crippen LogP contribution >= 0.6 is 0 Å². The van der Waals surface area contributed by atoms with E-state index in [4.69, 9.17) is 0 Å². The highest BCUT2D eigenvalue weighted by Crippen LogP contribution is 2.33. The summed E-state index contributed by atoms with van der Waals surface area (Å²) in [6, 6.07) is 4.92. The van der Waals surface area contributed by atoms with Crippen molar-refractivity contribution >= 4 is 20.9 Å². The Morgan fingerprint density at radius 1 is 1.13 bits per heavy atom. The van der Waals surface area contributed by atoms with Crippen molar-refractivity contribution in [3.05, 3.63) is 28.7 Å². The molecule has 172 valence electrons. The minimum absolute atomic E-state index is 0.0821. The Kier molecular flexibility index (Phi) is 6.60. The first-order valence-corrected chi connectivity index (χ1v) is 13.5. The fourth-order valence-corrected chi connectivity index (χ4v) is 6.11. The van der Waals surface area contributed by atoms with Crippen LogP contribution in [0.5, 0.6) is 0 Å². The lowest BCUT2D eigenvalue weighted by atomic mass is 9.78. The molecule has 1 aromatic heterocycles. The Labute approximate surface area is 184 Å². The second kappa shape index (κ2) is 9.08. The quantitative estimate of drug-likeness (QED) is 0.707. The van der Waals surface area contributed by atoms with Crippen LogP contribution in [0.2, 0.25) is 0 Å². The number of sulfone groups is 1. The molecule has 1 aliphatic heterocycles. The number of fused-ring (bicyclic) bond motifs is 1. The van der Waals surface area contributed by atoms with Crippen molar-refractivity contribution in [2.45, 2.75) is 68.9 Å². The summed E-state index contributed by atoms with van der Waals surface area (Å²) in [6.07, 6.45) is 8.59. The summed E-state index contributed by atoms with van der Waals surface area (Å²) in [7, 11) is -3.32. The van der Waals surface area contributed by atoms with Crippen LogP contribution in [0.3, 0.4) is 0 Å². The van der Waals surface area contributed by atoms with Crippen molar-refractivity contribution in [2.75, 3.05) is 25.9 Å². The molecule has 1 unspecified atom stereocenters. The molecule has 2 aliphatic rings. The van der Waals surface area contributed by atoms with E-state index in [0.29, 0.717) is 18.0 Å². The average Bonchev–Trinajstić information content (AvgIpc) is 3.08. The summed E-state index contributed by atoms with van der Waals surface area (Å²) in [4.78, 5) is 18.0. The van der Waals surface area contributed by atoms with E-state index in [9.17, 15) is 18.3 Å². The number of hydrogen-bond donors (Lipinski definition) is 2. The van der Waals surface area contributed by atoms with Crippen LogP contribution in [-0.4, -0.2) is 60.0 Å². The van der Waals surface area contributed by atoms with Gasteiger partial charge in [-0.2, -0.15) is 0 Å². The van der Waals surface area contributed by atoms with Crippen molar-refractivity contribution in [3.8, 4) is 0 Å². The number of β-amino-alcohol motifs (C(OH)–C–C–N with tert-alkyl or cyclic N) is 1. The number of aliphatic hydroxyl groups excluding tert-OH is 1. The lowest BCUT2D eigenvalue weighted by Crippen LogP contribution is -2.43. The molecule has 31 heavy (non-hydrogen) atoms. The van der Waals surface area contributed by atoms with E-state index in [1.54, 1.807) is 22.8 Å².